The maximum absolute atomic E-state index is 12.4. The van der Waals surface area contributed by atoms with Gasteiger partial charge in [-0.3, -0.25) is 9.69 Å². The number of thioether (sulfide) groups is 1. The minimum absolute atomic E-state index is 0.159. The molecule has 0 aromatic heterocycles. The molecule has 4 heteroatoms. The van der Waals surface area contributed by atoms with E-state index in [-0.39, 0.29) is 11.2 Å². The van der Waals surface area contributed by atoms with Gasteiger partial charge in [-0.05, 0) is 30.2 Å². The van der Waals surface area contributed by atoms with Crippen LogP contribution in [0.25, 0.3) is 0 Å². The molecule has 4 rings (SSSR count). The molecule has 1 atom stereocenters. The first-order valence-electron chi connectivity index (χ1n) is 7.41. The molecule has 3 nitrogen and oxygen atoms in total. The van der Waals surface area contributed by atoms with Crippen LogP contribution in [-0.4, -0.2) is 21.9 Å². The molecule has 0 N–H and O–H groups in total. The molecule has 2 aliphatic rings. The monoisotopic (exact) mass is 308 g/mol. The highest BCUT2D eigenvalue weighted by atomic mass is 32.2. The lowest BCUT2D eigenvalue weighted by molar-refractivity contribution is -0.126. The quantitative estimate of drug-likeness (QED) is 0.842. The van der Waals surface area contributed by atoms with Crippen molar-refractivity contribution in [2.45, 2.75) is 30.0 Å². The summed E-state index contributed by atoms with van der Waals surface area (Å²) in [6.45, 7) is 2.68. The van der Waals surface area contributed by atoms with Gasteiger partial charge in [0.1, 0.15) is 5.84 Å². The Hall–Kier alpha value is -2.07. The molecule has 1 saturated heterocycles. The van der Waals surface area contributed by atoms with Crippen LogP contribution in [-0.2, 0) is 11.3 Å². The number of carbonyl (C=O) groups excluding carboxylic acids is 1. The van der Waals surface area contributed by atoms with Gasteiger partial charge in [0.15, 0.2) is 0 Å². The predicted molar refractivity (Wildman–Crippen MR) is 89.5 cm³/mol. The van der Waals surface area contributed by atoms with E-state index in [0.717, 1.165) is 17.1 Å². The van der Waals surface area contributed by atoms with Crippen molar-refractivity contribution < 1.29 is 4.79 Å². The van der Waals surface area contributed by atoms with Crippen LogP contribution in [0, 0.1) is 6.92 Å². The zero-order chi connectivity index (χ0) is 15.1. The van der Waals surface area contributed by atoms with Crippen molar-refractivity contribution >= 4 is 29.2 Å². The van der Waals surface area contributed by atoms with Gasteiger partial charge < -0.3 is 0 Å². The second-order valence-corrected chi connectivity index (χ2v) is 6.96. The van der Waals surface area contributed by atoms with Crippen LogP contribution in [0.4, 0.5) is 5.69 Å². The predicted octanol–water partition coefficient (Wildman–Crippen LogP) is 3.93. The molecular formula is C18H16N2OS. The summed E-state index contributed by atoms with van der Waals surface area (Å²) in [5.41, 5.74) is 3.32. The van der Waals surface area contributed by atoms with Crippen LogP contribution in [0.5, 0.6) is 0 Å². The van der Waals surface area contributed by atoms with E-state index in [9.17, 15) is 4.79 Å². The van der Waals surface area contributed by atoms with Crippen molar-refractivity contribution in [1.82, 2.24) is 4.90 Å². The number of benzene rings is 2. The summed E-state index contributed by atoms with van der Waals surface area (Å²) in [7, 11) is 0. The fraction of sp³-hybridized carbons (Fsp3) is 0.222. The number of amides is 1. The summed E-state index contributed by atoms with van der Waals surface area (Å²) in [5, 5.41) is 0.159. The molecule has 0 aliphatic carbocycles. The molecule has 1 amide bonds. The van der Waals surface area contributed by atoms with E-state index in [1.807, 2.05) is 23.1 Å². The first-order chi connectivity index (χ1) is 10.7. The molecule has 2 aliphatic heterocycles. The Balaban J connectivity index is 1.70. The lowest BCUT2D eigenvalue weighted by atomic mass is 10.2. The van der Waals surface area contributed by atoms with Crippen molar-refractivity contribution in [3.8, 4) is 0 Å². The van der Waals surface area contributed by atoms with Crippen molar-refractivity contribution in [2.75, 3.05) is 0 Å². The minimum Gasteiger partial charge on any atom is -0.295 e. The number of hydrogen-bond donors (Lipinski definition) is 0. The van der Waals surface area contributed by atoms with Crippen molar-refractivity contribution in [2.24, 2.45) is 4.99 Å². The van der Waals surface area contributed by atoms with Gasteiger partial charge in [-0.2, -0.15) is 0 Å². The third kappa shape index (κ3) is 2.33. The SMILES string of the molecule is Cc1ccc2c(c1)N=C1C(CC(=O)N1Cc1ccccc1)S2. The van der Waals surface area contributed by atoms with E-state index < -0.39 is 0 Å². The average Bonchev–Trinajstić information content (AvgIpc) is 2.81. The highest BCUT2D eigenvalue weighted by molar-refractivity contribution is 8.01. The third-order valence-corrected chi connectivity index (χ3v) is 5.29. The number of rotatable bonds is 2. The zero-order valence-corrected chi connectivity index (χ0v) is 13.1. The van der Waals surface area contributed by atoms with Crippen LogP contribution >= 0.6 is 11.8 Å². The molecule has 2 heterocycles. The van der Waals surface area contributed by atoms with E-state index in [0.29, 0.717) is 13.0 Å². The number of aryl methyl sites for hydroxylation is 1. The topological polar surface area (TPSA) is 32.7 Å². The second-order valence-electron chi connectivity index (χ2n) is 5.72. The Morgan fingerprint density at radius 2 is 2.05 bits per heavy atom. The Kier molecular flexibility index (Phi) is 3.26. The first-order valence-corrected chi connectivity index (χ1v) is 8.29. The summed E-state index contributed by atoms with van der Waals surface area (Å²) in [4.78, 5) is 20.2. The van der Waals surface area contributed by atoms with Gasteiger partial charge in [-0.25, -0.2) is 4.99 Å². The Labute approximate surface area is 134 Å². The lowest BCUT2D eigenvalue weighted by Gasteiger charge is -2.23. The number of carbonyl (C=O) groups is 1. The molecule has 0 spiro atoms. The number of likely N-dealkylation sites (tertiary alicyclic amines) is 1. The number of amidine groups is 1. The van der Waals surface area contributed by atoms with Crippen molar-refractivity contribution in [3.05, 3.63) is 59.7 Å². The fourth-order valence-electron chi connectivity index (χ4n) is 2.91. The maximum Gasteiger partial charge on any atom is 0.229 e. The van der Waals surface area contributed by atoms with Crippen LogP contribution in [0.1, 0.15) is 17.5 Å². The molecule has 0 bridgehead atoms. The summed E-state index contributed by atoms with van der Waals surface area (Å²) >= 11 is 1.76. The van der Waals surface area contributed by atoms with Gasteiger partial charge in [0.05, 0.1) is 17.5 Å². The molecule has 1 fully saturated rings. The minimum atomic E-state index is 0.159. The Morgan fingerprint density at radius 1 is 1.23 bits per heavy atom. The van der Waals surface area contributed by atoms with Gasteiger partial charge in [0.25, 0.3) is 0 Å². The normalized spacial score (nSPS) is 19.7. The number of aliphatic imine (C=N–C) groups is 1. The van der Waals surface area contributed by atoms with Crippen LogP contribution in [0.2, 0.25) is 0 Å². The summed E-state index contributed by atoms with van der Waals surface area (Å²) < 4.78 is 0. The summed E-state index contributed by atoms with van der Waals surface area (Å²) in [5.74, 6) is 1.08. The van der Waals surface area contributed by atoms with Crippen LogP contribution < -0.4 is 0 Å². The third-order valence-electron chi connectivity index (χ3n) is 4.03. The molecule has 0 saturated carbocycles. The molecule has 1 unspecified atom stereocenters. The first kappa shape index (κ1) is 13.6. The van der Waals surface area contributed by atoms with Gasteiger partial charge in [-0.1, -0.05) is 36.4 Å². The van der Waals surface area contributed by atoms with Gasteiger partial charge in [0, 0.05) is 11.3 Å². The molecule has 22 heavy (non-hydrogen) atoms. The van der Waals surface area contributed by atoms with Gasteiger partial charge >= 0.3 is 0 Å². The molecule has 110 valence electrons. The maximum atomic E-state index is 12.4. The van der Waals surface area contributed by atoms with Crippen molar-refractivity contribution in [1.29, 1.82) is 0 Å². The number of nitrogens with zero attached hydrogens (tertiary/aromatic N) is 2. The summed E-state index contributed by atoms with van der Waals surface area (Å²) in [6, 6.07) is 16.4. The van der Waals surface area contributed by atoms with E-state index >= 15 is 0 Å². The average molecular weight is 308 g/mol. The highest BCUT2D eigenvalue weighted by Crippen LogP contribution is 2.43. The largest absolute Gasteiger partial charge is 0.295 e. The van der Waals surface area contributed by atoms with Crippen molar-refractivity contribution in [3.63, 3.8) is 0 Å². The van der Waals surface area contributed by atoms with Crippen LogP contribution in [0.3, 0.4) is 0 Å². The van der Waals surface area contributed by atoms with Crippen LogP contribution in [0.15, 0.2) is 58.4 Å². The number of hydrogen-bond acceptors (Lipinski definition) is 3. The molecule has 2 aromatic carbocycles. The Morgan fingerprint density at radius 3 is 2.86 bits per heavy atom. The Bertz CT molecular complexity index is 770. The van der Waals surface area contributed by atoms with E-state index in [2.05, 4.69) is 37.3 Å². The molecule has 2 aromatic rings. The molecule has 0 radical (unpaired) electrons. The molecular weight excluding hydrogens is 292 g/mol. The highest BCUT2D eigenvalue weighted by Gasteiger charge is 2.39. The summed E-state index contributed by atoms with van der Waals surface area (Å²) in [6.07, 6.45) is 0.545. The van der Waals surface area contributed by atoms with E-state index in [4.69, 9.17) is 4.99 Å². The second kappa shape index (κ2) is 5.29. The lowest BCUT2D eigenvalue weighted by Crippen LogP contribution is -2.31. The fourth-order valence-corrected chi connectivity index (χ4v) is 4.10. The van der Waals surface area contributed by atoms with E-state index in [1.165, 1.54) is 10.5 Å². The standard InChI is InChI=1S/C18H16N2OS/c1-12-7-8-15-14(9-12)19-18-16(22-15)10-17(21)20(18)11-13-5-3-2-4-6-13/h2-9,16H,10-11H2,1H3. The van der Waals surface area contributed by atoms with E-state index in [1.54, 1.807) is 11.8 Å². The number of fused-ring (bicyclic) bond motifs is 2. The van der Waals surface area contributed by atoms with Gasteiger partial charge in [-0.15, -0.1) is 11.8 Å². The van der Waals surface area contributed by atoms with Gasteiger partial charge in [0.2, 0.25) is 5.91 Å². The zero-order valence-electron chi connectivity index (χ0n) is 12.3. The smallest absolute Gasteiger partial charge is 0.229 e.